The molecule has 3 aliphatic rings. The monoisotopic (exact) mass is 517 g/mol. The van der Waals surface area contributed by atoms with Crippen molar-refractivity contribution < 1.29 is 19.6 Å². The van der Waals surface area contributed by atoms with Crippen molar-refractivity contribution in [1.29, 1.82) is 0 Å². The van der Waals surface area contributed by atoms with E-state index in [4.69, 9.17) is 10.9 Å². The summed E-state index contributed by atoms with van der Waals surface area (Å²) in [4.78, 5) is 36.1. The van der Waals surface area contributed by atoms with Gasteiger partial charge in [0.05, 0.1) is 6.54 Å². The third kappa shape index (κ3) is 6.22. The molecule has 9 heteroatoms. The van der Waals surface area contributed by atoms with E-state index in [0.717, 1.165) is 23.9 Å². The van der Waals surface area contributed by atoms with E-state index in [0.29, 0.717) is 34.7 Å². The number of anilines is 1. The maximum absolute atomic E-state index is 12.3. The number of hydrogen-bond acceptors (Lipinski definition) is 6. The molecule has 4 atom stereocenters. The molecule has 0 heterocycles. The summed E-state index contributed by atoms with van der Waals surface area (Å²) in [6.07, 6.45) is 2.61. The molecule has 200 valence electrons. The molecule has 0 aromatic heterocycles. The van der Waals surface area contributed by atoms with Crippen LogP contribution in [0.2, 0.25) is 0 Å². The van der Waals surface area contributed by atoms with Gasteiger partial charge in [0.15, 0.2) is 0 Å². The molecule has 2 aromatic carbocycles. The number of rotatable bonds is 9. The molecule has 0 radical (unpaired) electrons. The molecular weight excluding hydrogens is 482 g/mol. The number of hydrogen-bond donors (Lipinski definition) is 6. The van der Waals surface area contributed by atoms with E-state index in [1.807, 2.05) is 24.3 Å². The van der Waals surface area contributed by atoms with Gasteiger partial charge in [-0.05, 0) is 91.1 Å². The Morgan fingerprint density at radius 1 is 1.03 bits per heavy atom. The topological polar surface area (TPSA) is 146 Å². The molecule has 0 saturated heterocycles. The minimum Gasteiger partial charge on any atom is -0.339 e. The number of carbonyl (C=O) groups is 3. The number of carbonyl (C=O) groups excluding carboxylic acids is 3. The predicted octanol–water partition coefficient (Wildman–Crippen LogP) is 1.86. The molecule has 3 amide bonds. The minimum absolute atomic E-state index is 0.0626. The van der Waals surface area contributed by atoms with Crippen LogP contribution in [0.5, 0.6) is 0 Å². The van der Waals surface area contributed by atoms with Crippen molar-refractivity contribution >= 4 is 23.4 Å². The molecule has 5 rings (SSSR count). The fourth-order valence-corrected chi connectivity index (χ4v) is 5.62. The molecular formula is C29H35N5O4. The second-order valence-corrected chi connectivity index (χ2v) is 10.7. The lowest BCUT2D eigenvalue weighted by molar-refractivity contribution is -0.130. The summed E-state index contributed by atoms with van der Waals surface area (Å²) in [5.41, 5.74) is 9.93. The smallest absolute Gasteiger partial charge is 0.267 e. The lowest BCUT2D eigenvalue weighted by Crippen LogP contribution is -2.50. The number of amides is 3. The van der Waals surface area contributed by atoms with Crippen molar-refractivity contribution in [3.05, 3.63) is 65.2 Å². The quantitative estimate of drug-likeness (QED) is 0.170. The average molecular weight is 518 g/mol. The van der Waals surface area contributed by atoms with Crippen LogP contribution in [0.15, 0.2) is 48.5 Å². The van der Waals surface area contributed by atoms with Gasteiger partial charge in [0.25, 0.3) is 11.8 Å². The maximum Gasteiger partial charge on any atom is 0.267 e. The van der Waals surface area contributed by atoms with E-state index >= 15 is 0 Å². The van der Waals surface area contributed by atoms with Crippen LogP contribution in [0.1, 0.15) is 48.2 Å². The first-order valence-electron chi connectivity index (χ1n) is 12.9. The lowest BCUT2D eigenvalue weighted by atomic mass is 9.60. The zero-order valence-corrected chi connectivity index (χ0v) is 21.7. The Balaban J connectivity index is 1.22. The second-order valence-electron chi connectivity index (χ2n) is 10.7. The van der Waals surface area contributed by atoms with E-state index in [1.54, 1.807) is 24.3 Å². The van der Waals surface area contributed by atoms with Crippen LogP contribution in [0.25, 0.3) is 0 Å². The summed E-state index contributed by atoms with van der Waals surface area (Å²) in [6.45, 7) is 5.78. The standard InChI is InChI=1S/C29H35N5O4/c1-29(2)22-13-21(24(29)14-22)16-31-17-26(35)32-23-11-7-19(8-12-23)4-3-18-5-9-20(10-6-18)27(36)33-25(15-30)28(37)34-38/h5-12,21-22,24-25,31,38H,13-17,30H2,1-2H3,(H,32,35)(H,33,36)(H,34,37)/t21-,22-,24-,25-/m0/s1. The van der Waals surface area contributed by atoms with Gasteiger partial charge in [-0.3, -0.25) is 19.6 Å². The zero-order chi connectivity index (χ0) is 27.3. The first-order chi connectivity index (χ1) is 18.2. The van der Waals surface area contributed by atoms with Crippen molar-refractivity contribution in [3.8, 4) is 11.8 Å². The van der Waals surface area contributed by atoms with E-state index < -0.39 is 17.9 Å². The Kier molecular flexibility index (Phi) is 8.47. The average Bonchev–Trinajstić information content (AvgIpc) is 3.48. The third-order valence-electron chi connectivity index (χ3n) is 8.03. The fourth-order valence-electron chi connectivity index (χ4n) is 5.62. The highest BCUT2D eigenvalue weighted by molar-refractivity contribution is 5.97. The van der Waals surface area contributed by atoms with Crippen molar-refractivity contribution in [2.75, 3.05) is 25.0 Å². The van der Waals surface area contributed by atoms with E-state index in [2.05, 4.69) is 41.6 Å². The SMILES string of the molecule is CC1(C)[C@H]2C[C@@H](CNCC(=O)Nc3ccc(C#Cc4ccc(C(=O)N[C@@H](CN)C(=O)NO)cc4)cc3)[C@@H]1C2. The summed E-state index contributed by atoms with van der Waals surface area (Å²) in [5, 5.41) is 17.4. The van der Waals surface area contributed by atoms with Crippen LogP contribution in [0.3, 0.4) is 0 Å². The summed E-state index contributed by atoms with van der Waals surface area (Å²) in [6, 6.07) is 12.9. The molecule has 9 nitrogen and oxygen atoms in total. The molecule has 0 unspecified atom stereocenters. The summed E-state index contributed by atoms with van der Waals surface area (Å²) < 4.78 is 0. The molecule has 3 fully saturated rings. The Hall–Kier alpha value is -3.71. The van der Waals surface area contributed by atoms with Gasteiger partial charge < -0.3 is 21.7 Å². The van der Waals surface area contributed by atoms with E-state index in [-0.39, 0.29) is 12.5 Å². The number of fused-ring (bicyclic) bond motifs is 1. The highest BCUT2D eigenvalue weighted by Gasteiger charge is 2.57. The molecule has 0 spiro atoms. The zero-order valence-electron chi connectivity index (χ0n) is 21.7. The van der Waals surface area contributed by atoms with Crippen LogP contribution in [-0.4, -0.2) is 48.6 Å². The van der Waals surface area contributed by atoms with Crippen molar-refractivity contribution in [2.24, 2.45) is 28.9 Å². The van der Waals surface area contributed by atoms with Gasteiger partial charge in [-0.1, -0.05) is 25.7 Å². The number of benzene rings is 2. The van der Waals surface area contributed by atoms with Gasteiger partial charge in [0, 0.05) is 28.9 Å². The normalized spacial score (nSPS) is 21.3. The first kappa shape index (κ1) is 27.3. The molecule has 2 bridgehead atoms. The molecule has 3 saturated carbocycles. The largest absolute Gasteiger partial charge is 0.339 e. The van der Waals surface area contributed by atoms with E-state index in [9.17, 15) is 14.4 Å². The van der Waals surface area contributed by atoms with Crippen LogP contribution in [0.4, 0.5) is 5.69 Å². The summed E-state index contributed by atoms with van der Waals surface area (Å²) in [5.74, 6) is 7.07. The Morgan fingerprint density at radius 3 is 2.18 bits per heavy atom. The fraction of sp³-hybridized carbons (Fsp3) is 0.414. The third-order valence-corrected chi connectivity index (χ3v) is 8.03. The molecule has 0 aliphatic heterocycles. The van der Waals surface area contributed by atoms with Gasteiger partial charge in [-0.25, -0.2) is 5.48 Å². The van der Waals surface area contributed by atoms with Crippen LogP contribution < -0.4 is 27.2 Å². The van der Waals surface area contributed by atoms with E-state index in [1.165, 1.54) is 18.3 Å². The highest BCUT2D eigenvalue weighted by Crippen LogP contribution is 2.64. The van der Waals surface area contributed by atoms with Gasteiger partial charge >= 0.3 is 0 Å². The Labute approximate surface area is 222 Å². The number of nitrogens with one attached hydrogen (secondary N) is 4. The van der Waals surface area contributed by atoms with Gasteiger partial charge in [0.1, 0.15) is 6.04 Å². The van der Waals surface area contributed by atoms with Crippen molar-refractivity contribution in [3.63, 3.8) is 0 Å². The minimum atomic E-state index is -1.04. The van der Waals surface area contributed by atoms with Crippen LogP contribution >= 0.6 is 0 Å². The first-order valence-corrected chi connectivity index (χ1v) is 12.9. The maximum atomic E-state index is 12.3. The predicted molar refractivity (Wildman–Crippen MR) is 144 cm³/mol. The second kappa shape index (κ2) is 11.8. The highest BCUT2D eigenvalue weighted by atomic mass is 16.5. The Bertz CT molecular complexity index is 1230. The molecule has 38 heavy (non-hydrogen) atoms. The van der Waals surface area contributed by atoms with Crippen molar-refractivity contribution in [1.82, 2.24) is 16.1 Å². The van der Waals surface area contributed by atoms with Crippen LogP contribution in [-0.2, 0) is 9.59 Å². The van der Waals surface area contributed by atoms with Gasteiger partial charge in [0.2, 0.25) is 5.91 Å². The van der Waals surface area contributed by atoms with Gasteiger partial charge in [-0.15, -0.1) is 0 Å². The lowest BCUT2D eigenvalue weighted by Gasteiger charge is -2.45. The summed E-state index contributed by atoms with van der Waals surface area (Å²) >= 11 is 0. The Morgan fingerprint density at radius 2 is 1.66 bits per heavy atom. The number of nitrogens with two attached hydrogens (primary N) is 1. The molecule has 3 aliphatic carbocycles. The van der Waals surface area contributed by atoms with Gasteiger partial charge in [-0.2, -0.15) is 0 Å². The van der Waals surface area contributed by atoms with Crippen LogP contribution in [0, 0.1) is 35.0 Å². The molecule has 7 N–H and O–H groups in total. The molecule has 2 aromatic rings. The summed E-state index contributed by atoms with van der Waals surface area (Å²) in [7, 11) is 0. The van der Waals surface area contributed by atoms with Crippen molar-refractivity contribution in [2.45, 2.75) is 32.7 Å². The number of hydroxylamine groups is 1.